The van der Waals surface area contributed by atoms with E-state index in [1.54, 1.807) is 0 Å². The number of nitrogens with zero attached hydrogens (tertiary/aromatic N) is 3. The molecule has 4 heteroatoms. The van der Waals surface area contributed by atoms with E-state index in [-0.39, 0.29) is 0 Å². The normalized spacial score (nSPS) is 11.8. The van der Waals surface area contributed by atoms with Gasteiger partial charge in [0.25, 0.3) is 0 Å². The Labute approximate surface area is 339 Å². The van der Waals surface area contributed by atoms with Crippen molar-refractivity contribution >= 4 is 92.2 Å². The van der Waals surface area contributed by atoms with Gasteiger partial charge in [0.15, 0.2) is 0 Å². The summed E-state index contributed by atoms with van der Waals surface area (Å²) in [5.41, 5.74) is 12.8. The largest absolute Gasteiger partial charge is 0.310 e. The average molecular weight is 758 g/mol. The minimum absolute atomic E-state index is 1.10. The zero-order valence-corrected chi connectivity index (χ0v) is 32.3. The van der Waals surface area contributed by atoms with E-state index in [1.165, 1.54) is 74.9 Å². The first-order valence-corrected chi connectivity index (χ1v) is 20.6. The lowest BCUT2D eigenvalue weighted by atomic mass is 10.0. The molecular formula is C54H35N3S. The van der Waals surface area contributed by atoms with Crippen molar-refractivity contribution in [3.05, 3.63) is 212 Å². The Bertz CT molecular complexity index is 3440. The molecule has 0 N–H and O–H groups in total. The van der Waals surface area contributed by atoms with E-state index >= 15 is 0 Å². The Morgan fingerprint density at radius 3 is 1.36 bits per heavy atom. The van der Waals surface area contributed by atoms with Crippen LogP contribution in [0, 0.1) is 0 Å². The molecule has 0 atom stereocenters. The molecule has 0 amide bonds. The van der Waals surface area contributed by atoms with E-state index in [0.29, 0.717) is 0 Å². The SMILES string of the molecule is c1ccc(-n2c3ccccc3c3ccc(N(c4ccc(-c5ccc(-n6c7ccccc7c7ccccc76)cc5)cc4)c4ccc5c(c4)sc4ccccc45)cc32)cc1. The van der Waals surface area contributed by atoms with Crippen LogP contribution in [0.5, 0.6) is 0 Å². The second kappa shape index (κ2) is 13.1. The van der Waals surface area contributed by atoms with E-state index in [9.17, 15) is 0 Å². The van der Waals surface area contributed by atoms with Crippen LogP contribution in [0.1, 0.15) is 0 Å². The number of anilines is 3. The van der Waals surface area contributed by atoms with Crippen LogP contribution in [0.2, 0.25) is 0 Å². The fraction of sp³-hybridized carbons (Fsp3) is 0. The fourth-order valence-corrected chi connectivity index (χ4v) is 10.2. The second-order valence-electron chi connectivity index (χ2n) is 15.0. The molecule has 0 aliphatic carbocycles. The van der Waals surface area contributed by atoms with Gasteiger partial charge in [-0.3, -0.25) is 0 Å². The van der Waals surface area contributed by atoms with Gasteiger partial charge in [0, 0.05) is 70.2 Å². The lowest BCUT2D eigenvalue weighted by molar-refractivity contribution is 1.18. The number of rotatable bonds is 6. The summed E-state index contributed by atoms with van der Waals surface area (Å²) in [6.07, 6.45) is 0. The van der Waals surface area contributed by atoms with E-state index in [1.807, 2.05) is 11.3 Å². The lowest BCUT2D eigenvalue weighted by Gasteiger charge is -2.26. The van der Waals surface area contributed by atoms with Gasteiger partial charge in [0.1, 0.15) is 0 Å². The molecule has 12 aromatic rings. The van der Waals surface area contributed by atoms with Crippen LogP contribution >= 0.6 is 11.3 Å². The summed E-state index contributed by atoms with van der Waals surface area (Å²) < 4.78 is 7.36. The summed E-state index contributed by atoms with van der Waals surface area (Å²) in [4.78, 5) is 2.41. The molecule has 0 fully saturated rings. The molecule has 9 aromatic carbocycles. The molecule has 0 aliphatic rings. The predicted molar refractivity (Wildman–Crippen MR) is 248 cm³/mol. The van der Waals surface area contributed by atoms with Gasteiger partial charge in [-0.15, -0.1) is 11.3 Å². The molecule has 0 radical (unpaired) electrons. The van der Waals surface area contributed by atoms with E-state index in [2.05, 4.69) is 226 Å². The summed E-state index contributed by atoms with van der Waals surface area (Å²) in [5, 5.41) is 7.64. The number of hydrogen-bond acceptors (Lipinski definition) is 2. The van der Waals surface area contributed by atoms with Gasteiger partial charge in [-0.2, -0.15) is 0 Å². The maximum absolute atomic E-state index is 2.41. The number of aromatic nitrogens is 2. The standard InChI is InChI=1S/C54H35N3S/c1-2-12-38(13-3-1)57-51-20-10-6-16-45(51)46-32-30-41(34-52(46)57)55(42-31-33-48-47-17-7-11-21-53(47)58-54(48)35-42)39-26-22-36(23-27-39)37-24-28-40(29-25-37)56-49-18-8-4-14-43(49)44-15-5-9-19-50(44)56/h1-35H. The van der Waals surface area contributed by atoms with Crippen molar-refractivity contribution in [2.75, 3.05) is 4.90 Å². The third kappa shape index (κ3) is 5.12. The maximum atomic E-state index is 2.41. The van der Waals surface area contributed by atoms with Gasteiger partial charge in [0.2, 0.25) is 0 Å². The lowest BCUT2D eigenvalue weighted by Crippen LogP contribution is -2.10. The van der Waals surface area contributed by atoms with Crippen LogP contribution in [0.15, 0.2) is 212 Å². The highest BCUT2D eigenvalue weighted by Gasteiger charge is 2.19. The number of hydrogen-bond donors (Lipinski definition) is 0. The minimum Gasteiger partial charge on any atom is -0.310 e. The molecule has 0 aliphatic heterocycles. The first-order chi connectivity index (χ1) is 28.8. The molecule has 3 nitrogen and oxygen atoms in total. The van der Waals surface area contributed by atoms with Crippen LogP contribution in [0.4, 0.5) is 17.1 Å². The van der Waals surface area contributed by atoms with E-state index < -0.39 is 0 Å². The monoisotopic (exact) mass is 757 g/mol. The van der Waals surface area contributed by atoms with Crippen LogP contribution in [-0.2, 0) is 0 Å². The number of benzene rings is 9. The molecular weight excluding hydrogens is 723 g/mol. The summed E-state index contributed by atoms with van der Waals surface area (Å²) in [7, 11) is 0. The Morgan fingerprint density at radius 2 is 0.724 bits per heavy atom. The molecule has 0 saturated heterocycles. The summed E-state index contributed by atoms with van der Waals surface area (Å²) >= 11 is 1.86. The van der Waals surface area contributed by atoms with Crippen molar-refractivity contribution in [2.45, 2.75) is 0 Å². The smallest absolute Gasteiger partial charge is 0.0561 e. The highest BCUT2D eigenvalue weighted by Crippen LogP contribution is 2.43. The average Bonchev–Trinajstić information content (AvgIpc) is 3.94. The van der Waals surface area contributed by atoms with Crippen molar-refractivity contribution in [3.8, 4) is 22.5 Å². The third-order valence-electron chi connectivity index (χ3n) is 11.7. The van der Waals surface area contributed by atoms with Gasteiger partial charge >= 0.3 is 0 Å². The molecule has 272 valence electrons. The van der Waals surface area contributed by atoms with Crippen molar-refractivity contribution in [3.63, 3.8) is 0 Å². The van der Waals surface area contributed by atoms with Gasteiger partial charge in [0.05, 0.1) is 22.1 Å². The zero-order valence-electron chi connectivity index (χ0n) is 31.5. The molecule has 3 heterocycles. The quantitative estimate of drug-likeness (QED) is 0.165. The predicted octanol–water partition coefficient (Wildman–Crippen LogP) is 15.4. The fourth-order valence-electron chi connectivity index (χ4n) is 9.06. The highest BCUT2D eigenvalue weighted by atomic mass is 32.1. The minimum atomic E-state index is 1.10. The summed E-state index contributed by atoms with van der Waals surface area (Å²) in [5.74, 6) is 0. The van der Waals surface area contributed by atoms with Crippen LogP contribution in [0.25, 0.3) is 86.3 Å². The van der Waals surface area contributed by atoms with Crippen molar-refractivity contribution in [1.29, 1.82) is 0 Å². The van der Waals surface area contributed by atoms with Crippen LogP contribution < -0.4 is 4.90 Å². The van der Waals surface area contributed by atoms with Crippen molar-refractivity contribution in [1.82, 2.24) is 9.13 Å². The molecule has 0 bridgehead atoms. The van der Waals surface area contributed by atoms with Crippen molar-refractivity contribution in [2.24, 2.45) is 0 Å². The summed E-state index contributed by atoms with van der Waals surface area (Å²) in [6.45, 7) is 0. The first-order valence-electron chi connectivity index (χ1n) is 19.8. The van der Waals surface area contributed by atoms with Gasteiger partial charge in [-0.05, 0) is 96.1 Å². The molecule has 12 rings (SSSR count). The Hall–Kier alpha value is -7.40. The van der Waals surface area contributed by atoms with Gasteiger partial charge in [-0.25, -0.2) is 0 Å². The molecule has 0 unspecified atom stereocenters. The number of fused-ring (bicyclic) bond motifs is 9. The number of para-hydroxylation sites is 4. The molecule has 3 aromatic heterocycles. The molecule has 0 saturated carbocycles. The van der Waals surface area contributed by atoms with Gasteiger partial charge in [-0.1, -0.05) is 127 Å². The molecule has 58 heavy (non-hydrogen) atoms. The Kier molecular flexibility index (Phi) is 7.40. The zero-order chi connectivity index (χ0) is 38.2. The Morgan fingerprint density at radius 1 is 0.293 bits per heavy atom. The van der Waals surface area contributed by atoms with Crippen LogP contribution in [-0.4, -0.2) is 9.13 Å². The highest BCUT2D eigenvalue weighted by molar-refractivity contribution is 7.25. The first kappa shape index (κ1) is 32.8. The van der Waals surface area contributed by atoms with E-state index in [0.717, 1.165) is 28.4 Å². The van der Waals surface area contributed by atoms with Crippen molar-refractivity contribution < 1.29 is 0 Å². The van der Waals surface area contributed by atoms with E-state index in [4.69, 9.17) is 0 Å². The Balaban J connectivity index is 0.982. The van der Waals surface area contributed by atoms with Crippen LogP contribution in [0.3, 0.4) is 0 Å². The number of thiophene rings is 1. The maximum Gasteiger partial charge on any atom is 0.0561 e. The second-order valence-corrected chi connectivity index (χ2v) is 16.1. The van der Waals surface area contributed by atoms with Gasteiger partial charge < -0.3 is 14.0 Å². The summed E-state index contributed by atoms with van der Waals surface area (Å²) in [6, 6.07) is 77.4. The topological polar surface area (TPSA) is 13.1 Å². The molecule has 0 spiro atoms. The third-order valence-corrected chi connectivity index (χ3v) is 12.8.